The van der Waals surface area contributed by atoms with Crippen LogP contribution in [0.2, 0.25) is 0 Å². The molecular formula is C14H12BrNO2. The Morgan fingerprint density at radius 1 is 1.44 bits per heavy atom. The van der Waals surface area contributed by atoms with Crippen molar-refractivity contribution in [2.45, 2.75) is 25.7 Å². The third-order valence-electron chi connectivity index (χ3n) is 3.41. The minimum absolute atomic E-state index is 0.398. The molecule has 1 aromatic heterocycles. The summed E-state index contributed by atoms with van der Waals surface area (Å²) in [4.78, 5) is 16.1. The van der Waals surface area contributed by atoms with Gasteiger partial charge in [0.05, 0.1) is 11.1 Å². The molecule has 1 N–H and O–H groups in total. The second kappa shape index (κ2) is 4.05. The number of halogens is 1. The standard InChI is InChI=1S/C14H12BrNO2/c1-7-12(14(17)18)10-5-4-9(15)6-11(10)16-13(7)8-2-3-8/h4-6,8H,2-3H2,1H3,(H,17,18). The summed E-state index contributed by atoms with van der Waals surface area (Å²) in [6.07, 6.45) is 2.23. The van der Waals surface area contributed by atoms with E-state index in [0.29, 0.717) is 16.9 Å². The molecule has 1 aromatic carbocycles. The summed E-state index contributed by atoms with van der Waals surface area (Å²) in [6, 6.07) is 5.55. The zero-order valence-electron chi connectivity index (χ0n) is 9.90. The molecule has 0 spiro atoms. The Balaban J connectivity index is 2.38. The predicted octanol–water partition coefficient (Wildman–Crippen LogP) is 3.88. The molecule has 3 rings (SSSR count). The SMILES string of the molecule is Cc1c(C2CC2)nc2cc(Br)ccc2c1C(=O)O. The molecule has 0 unspecified atom stereocenters. The van der Waals surface area contributed by atoms with Crippen molar-refractivity contribution in [1.29, 1.82) is 0 Å². The molecule has 2 aromatic rings. The maximum atomic E-state index is 11.5. The van der Waals surface area contributed by atoms with Gasteiger partial charge in [0, 0.05) is 21.5 Å². The second-order valence-electron chi connectivity index (χ2n) is 4.74. The van der Waals surface area contributed by atoms with Crippen molar-refractivity contribution in [3.05, 3.63) is 39.5 Å². The maximum Gasteiger partial charge on any atom is 0.336 e. The normalized spacial score (nSPS) is 15.0. The quantitative estimate of drug-likeness (QED) is 0.916. The van der Waals surface area contributed by atoms with Crippen LogP contribution >= 0.6 is 15.9 Å². The van der Waals surface area contributed by atoms with Gasteiger partial charge in [0.1, 0.15) is 0 Å². The molecule has 92 valence electrons. The molecule has 0 saturated heterocycles. The minimum atomic E-state index is -0.871. The number of rotatable bonds is 2. The molecule has 0 atom stereocenters. The van der Waals surface area contributed by atoms with Gasteiger partial charge in [-0.05, 0) is 37.5 Å². The number of hydrogen-bond acceptors (Lipinski definition) is 2. The van der Waals surface area contributed by atoms with Crippen molar-refractivity contribution in [3.8, 4) is 0 Å². The predicted molar refractivity (Wildman–Crippen MR) is 73.1 cm³/mol. The molecule has 0 bridgehead atoms. The summed E-state index contributed by atoms with van der Waals surface area (Å²) >= 11 is 3.40. The van der Waals surface area contributed by atoms with E-state index in [1.807, 2.05) is 25.1 Å². The van der Waals surface area contributed by atoms with Crippen LogP contribution in [0.5, 0.6) is 0 Å². The third-order valence-corrected chi connectivity index (χ3v) is 3.90. The summed E-state index contributed by atoms with van der Waals surface area (Å²) in [7, 11) is 0. The molecule has 3 nitrogen and oxygen atoms in total. The summed E-state index contributed by atoms with van der Waals surface area (Å²) in [5, 5.41) is 10.1. The number of fused-ring (bicyclic) bond motifs is 1. The summed E-state index contributed by atoms with van der Waals surface area (Å²) < 4.78 is 0.921. The highest BCUT2D eigenvalue weighted by Crippen LogP contribution is 2.42. The summed E-state index contributed by atoms with van der Waals surface area (Å²) in [6.45, 7) is 1.87. The Hall–Kier alpha value is -1.42. The van der Waals surface area contributed by atoms with Crippen molar-refractivity contribution >= 4 is 32.8 Å². The summed E-state index contributed by atoms with van der Waals surface area (Å²) in [5.41, 5.74) is 2.93. The molecule has 1 aliphatic carbocycles. The fourth-order valence-electron chi connectivity index (χ4n) is 2.38. The number of hydrogen-bond donors (Lipinski definition) is 1. The van der Waals surface area contributed by atoms with E-state index in [2.05, 4.69) is 20.9 Å². The van der Waals surface area contributed by atoms with Crippen LogP contribution in [0.15, 0.2) is 22.7 Å². The topological polar surface area (TPSA) is 50.2 Å². The number of aromatic nitrogens is 1. The van der Waals surface area contributed by atoms with E-state index >= 15 is 0 Å². The van der Waals surface area contributed by atoms with E-state index in [0.717, 1.165) is 34.1 Å². The number of carbonyl (C=O) groups is 1. The zero-order chi connectivity index (χ0) is 12.9. The highest BCUT2D eigenvalue weighted by Gasteiger charge is 2.29. The molecule has 0 aliphatic heterocycles. The van der Waals surface area contributed by atoms with Crippen LogP contribution in [-0.2, 0) is 0 Å². The van der Waals surface area contributed by atoms with Crippen LogP contribution in [0, 0.1) is 6.92 Å². The summed E-state index contributed by atoms with van der Waals surface area (Å²) in [5.74, 6) is -0.421. The lowest BCUT2D eigenvalue weighted by Crippen LogP contribution is -2.06. The Morgan fingerprint density at radius 2 is 2.17 bits per heavy atom. The first kappa shape index (κ1) is 11.7. The molecular weight excluding hydrogens is 294 g/mol. The van der Waals surface area contributed by atoms with Gasteiger partial charge in [-0.2, -0.15) is 0 Å². The van der Waals surface area contributed by atoms with Crippen molar-refractivity contribution in [1.82, 2.24) is 4.98 Å². The fourth-order valence-corrected chi connectivity index (χ4v) is 2.73. The first-order chi connectivity index (χ1) is 8.58. The van der Waals surface area contributed by atoms with Crippen LogP contribution in [0.3, 0.4) is 0 Å². The van der Waals surface area contributed by atoms with Gasteiger partial charge in [-0.3, -0.25) is 4.98 Å². The smallest absolute Gasteiger partial charge is 0.336 e. The van der Waals surface area contributed by atoms with Crippen LogP contribution in [0.1, 0.15) is 40.4 Å². The van der Waals surface area contributed by atoms with Gasteiger partial charge in [0.15, 0.2) is 0 Å². The number of nitrogens with zero attached hydrogens (tertiary/aromatic N) is 1. The van der Waals surface area contributed by atoms with Gasteiger partial charge >= 0.3 is 5.97 Å². The molecule has 4 heteroatoms. The number of carboxylic acid groups (broad SMARTS) is 1. The minimum Gasteiger partial charge on any atom is -0.478 e. The maximum absolute atomic E-state index is 11.5. The highest BCUT2D eigenvalue weighted by molar-refractivity contribution is 9.10. The monoisotopic (exact) mass is 305 g/mol. The molecule has 18 heavy (non-hydrogen) atoms. The molecule has 0 radical (unpaired) electrons. The molecule has 1 fully saturated rings. The van der Waals surface area contributed by atoms with Gasteiger partial charge in [-0.1, -0.05) is 22.0 Å². The Labute approximate surface area is 113 Å². The lowest BCUT2D eigenvalue weighted by molar-refractivity contribution is 0.0698. The molecule has 0 amide bonds. The zero-order valence-corrected chi connectivity index (χ0v) is 11.5. The Kier molecular flexibility index (Phi) is 2.63. The van der Waals surface area contributed by atoms with Gasteiger partial charge in [0.2, 0.25) is 0 Å². The van der Waals surface area contributed by atoms with Gasteiger partial charge in [0.25, 0.3) is 0 Å². The number of benzene rings is 1. The van der Waals surface area contributed by atoms with Gasteiger partial charge < -0.3 is 5.11 Å². The highest BCUT2D eigenvalue weighted by atomic mass is 79.9. The van der Waals surface area contributed by atoms with Crippen LogP contribution in [-0.4, -0.2) is 16.1 Å². The average molecular weight is 306 g/mol. The van der Waals surface area contributed by atoms with Crippen molar-refractivity contribution < 1.29 is 9.90 Å². The molecule has 1 saturated carbocycles. The number of carboxylic acids is 1. The molecule has 1 aliphatic rings. The number of pyridine rings is 1. The average Bonchev–Trinajstić information content (AvgIpc) is 3.12. The molecule has 1 heterocycles. The van der Waals surface area contributed by atoms with Crippen LogP contribution in [0.4, 0.5) is 0 Å². The van der Waals surface area contributed by atoms with E-state index in [9.17, 15) is 9.90 Å². The Morgan fingerprint density at radius 3 is 2.78 bits per heavy atom. The van der Waals surface area contributed by atoms with Crippen molar-refractivity contribution in [2.75, 3.05) is 0 Å². The van der Waals surface area contributed by atoms with E-state index in [1.165, 1.54) is 0 Å². The van der Waals surface area contributed by atoms with E-state index in [1.54, 1.807) is 0 Å². The first-order valence-electron chi connectivity index (χ1n) is 5.91. The first-order valence-corrected chi connectivity index (χ1v) is 6.70. The second-order valence-corrected chi connectivity index (χ2v) is 5.65. The third kappa shape index (κ3) is 1.81. The number of aromatic carboxylic acids is 1. The lowest BCUT2D eigenvalue weighted by atomic mass is 9.99. The van der Waals surface area contributed by atoms with Crippen molar-refractivity contribution in [2.24, 2.45) is 0 Å². The lowest BCUT2D eigenvalue weighted by Gasteiger charge is -2.11. The largest absolute Gasteiger partial charge is 0.478 e. The van der Waals surface area contributed by atoms with Gasteiger partial charge in [-0.15, -0.1) is 0 Å². The fraction of sp³-hybridized carbons (Fsp3) is 0.286. The van der Waals surface area contributed by atoms with Crippen molar-refractivity contribution in [3.63, 3.8) is 0 Å². The Bertz CT molecular complexity index is 662. The van der Waals surface area contributed by atoms with Crippen LogP contribution < -0.4 is 0 Å². The van der Waals surface area contributed by atoms with E-state index in [4.69, 9.17) is 0 Å². The van der Waals surface area contributed by atoms with E-state index in [-0.39, 0.29) is 0 Å². The van der Waals surface area contributed by atoms with E-state index < -0.39 is 5.97 Å². The van der Waals surface area contributed by atoms with Gasteiger partial charge in [-0.25, -0.2) is 4.79 Å². The van der Waals surface area contributed by atoms with Crippen LogP contribution in [0.25, 0.3) is 10.9 Å².